The normalized spacial score (nSPS) is 11.1. The van der Waals surface area contributed by atoms with Crippen LogP contribution in [0.2, 0.25) is 0 Å². The Labute approximate surface area is 126 Å². The van der Waals surface area contributed by atoms with Gasteiger partial charge in [-0.05, 0) is 42.3 Å². The molecule has 0 atom stereocenters. The monoisotopic (exact) mass is 308 g/mol. The predicted molar refractivity (Wildman–Crippen MR) is 79.9 cm³/mol. The van der Waals surface area contributed by atoms with Crippen molar-refractivity contribution in [1.82, 2.24) is 0 Å². The third kappa shape index (κ3) is 4.25. The Morgan fingerprint density at radius 1 is 1.00 bits per heavy atom. The maximum Gasteiger partial charge on any atom is 0.416 e. The largest absolute Gasteiger partial charge is 0.416 e. The molecule has 0 aliphatic carbocycles. The second kappa shape index (κ2) is 6.51. The first-order valence-electron chi connectivity index (χ1n) is 6.72. The molecule has 0 aliphatic heterocycles. The van der Waals surface area contributed by atoms with Gasteiger partial charge in [-0.25, -0.2) is 4.79 Å². The quantitative estimate of drug-likeness (QED) is 0.831. The molecular formula is C16H15F3N2O. The molecule has 0 saturated carbocycles. The Balaban J connectivity index is 2.02. The van der Waals surface area contributed by atoms with Crippen LogP contribution in [-0.2, 0) is 12.6 Å². The van der Waals surface area contributed by atoms with E-state index in [-0.39, 0.29) is 5.69 Å². The van der Waals surface area contributed by atoms with Crippen molar-refractivity contribution in [3.05, 3.63) is 59.7 Å². The number of anilines is 2. The fraction of sp³-hybridized carbons (Fsp3) is 0.188. The Morgan fingerprint density at radius 3 is 2.23 bits per heavy atom. The number of rotatable bonds is 3. The van der Waals surface area contributed by atoms with Crippen LogP contribution in [0.5, 0.6) is 0 Å². The third-order valence-corrected chi connectivity index (χ3v) is 3.07. The molecule has 0 aromatic heterocycles. The molecule has 0 aliphatic rings. The Morgan fingerprint density at radius 2 is 1.64 bits per heavy atom. The van der Waals surface area contributed by atoms with Gasteiger partial charge >= 0.3 is 12.2 Å². The van der Waals surface area contributed by atoms with Gasteiger partial charge in [0.05, 0.1) is 5.56 Å². The highest BCUT2D eigenvalue weighted by molar-refractivity contribution is 5.99. The van der Waals surface area contributed by atoms with Crippen LogP contribution in [0.4, 0.5) is 29.3 Å². The van der Waals surface area contributed by atoms with E-state index in [2.05, 4.69) is 10.6 Å². The van der Waals surface area contributed by atoms with Gasteiger partial charge < -0.3 is 10.6 Å². The van der Waals surface area contributed by atoms with E-state index in [1.54, 1.807) is 12.1 Å². The molecule has 0 saturated heterocycles. The number of carbonyl (C=O) groups is 1. The summed E-state index contributed by atoms with van der Waals surface area (Å²) in [5.41, 5.74) is 0.973. The SMILES string of the molecule is CCc1ccc(NC(=O)Nc2cccc(C(F)(F)F)c2)cc1. The summed E-state index contributed by atoms with van der Waals surface area (Å²) >= 11 is 0. The van der Waals surface area contributed by atoms with Crippen LogP contribution >= 0.6 is 0 Å². The number of benzene rings is 2. The van der Waals surface area contributed by atoms with E-state index in [1.807, 2.05) is 19.1 Å². The van der Waals surface area contributed by atoms with Crippen molar-refractivity contribution < 1.29 is 18.0 Å². The topological polar surface area (TPSA) is 41.1 Å². The molecule has 0 radical (unpaired) electrons. The zero-order chi connectivity index (χ0) is 16.2. The number of hydrogen-bond donors (Lipinski definition) is 2. The first kappa shape index (κ1) is 15.9. The minimum atomic E-state index is -4.44. The van der Waals surface area contributed by atoms with Crippen LogP contribution in [0, 0.1) is 0 Å². The summed E-state index contributed by atoms with van der Waals surface area (Å²) in [7, 11) is 0. The summed E-state index contributed by atoms with van der Waals surface area (Å²) in [6.07, 6.45) is -3.55. The average molecular weight is 308 g/mol. The van der Waals surface area contributed by atoms with Crippen molar-refractivity contribution in [2.75, 3.05) is 10.6 Å². The minimum Gasteiger partial charge on any atom is -0.308 e. The van der Waals surface area contributed by atoms with E-state index in [0.717, 1.165) is 24.1 Å². The first-order valence-corrected chi connectivity index (χ1v) is 6.72. The number of urea groups is 1. The zero-order valence-corrected chi connectivity index (χ0v) is 11.9. The predicted octanol–water partition coefficient (Wildman–Crippen LogP) is 4.91. The molecule has 2 amide bonds. The molecule has 0 unspecified atom stereocenters. The van der Waals surface area contributed by atoms with E-state index in [4.69, 9.17) is 0 Å². The van der Waals surface area contributed by atoms with Gasteiger partial charge in [-0.1, -0.05) is 25.1 Å². The average Bonchev–Trinajstić information content (AvgIpc) is 2.47. The third-order valence-electron chi connectivity index (χ3n) is 3.07. The number of nitrogens with one attached hydrogen (secondary N) is 2. The first-order chi connectivity index (χ1) is 10.4. The van der Waals surface area contributed by atoms with E-state index in [1.165, 1.54) is 12.1 Å². The molecule has 6 heteroatoms. The van der Waals surface area contributed by atoms with Crippen LogP contribution in [-0.4, -0.2) is 6.03 Å². The molecule has 2 rings (SSSR count). The summed E-state index contributed by atoms with van der Waals surface area (Å²) in [5, 5.41) is 4.95. The van der Waals surface area contributed by atoms with Crippen molar-refractivity contribution in [3.8, 4) is 0 Å². The van der Waals surface area contributed by atoms with Crippen molar-refractivity contribution in [1.29, 1.82) is 0 Å². The molecule has 0 spiro atoms. The lowest BCUT2D eigenvalue weighted by Gasteiger charge is -2.11. The van der Waals surface area contributed by atoms with Gasteiger partial charge in [-0.2, -0.15) is 13.2 Å². The molecule has 2 N–H and O–H groups in total. The Bertz CT molecular complexity index is 651. The van der Waals surface area contributed by atoms with Crippen LogP contribution in [0.25, 0.3) is 0 Å². The molecule has 0 fully saturated rings. The van der Waals surface area contributed by atoms with Crippen molar-refractivity contribution in [3.63, 3.8) is 0 Å². The molecule has 2 aromatic rings. The fourth-order valence-electron chi connectivity index (χ4n) is 1.89. The van der Waals surface area contributed by atoms with Crippen LogP contribution in [0.3, 0.4) is 0 Å². The van der Waals surface area contributed by atoms with Gasteiger partial charge in [0.2, 0.25) is 0 Å². The molecule has 0 bridgehead atoms. The van der Waals surface area contributed by atoms with Gasteiger partial charge in [0.15, 0.2) is 0 Å². The summed E-state index contributed by atoms with van der Waals surface area (Å²) in [6, 6.07) is 11.1. The highest BCUT2D eigenvalue weighted by atomic mass is 19.4. The highest BCUT2D eigenvalue weighted by Gasteiger charge is 2.30. The van der Waals surface area contributed by atoms with Crippen molar-refractivity contribution >= 4 is 17.4 Å². The number of carbonyl (C=O) groups excluding carboxylic acids is 1. The number of aryl methyl sites for hydroxylation is 1. The van der Waals surface area contributed by atoms with Crippen molar-refractivity contribution in [2.24, 2.45) is 0 Å². The smallest absolute Gasteiger partial charge is 0.308 e. The molecule has 2 aromatic carbocycles. The lowest BCUT2D eigenvalue weighted by atomic mass is 10.1. The summed E-state index contributed by atoms with van der Waals surface area (Å²) in [4.78, 5) is 11.8. The summed E-state index contributed by atoms with van der Waals surface area (Å²) in [6.45, 7) is 2.02. The lowest BCUT2D eigenvalue weighted by molar-refractivity contribution is -0.137. The van der Waals surface area contributed by atoms with E-state index in [0.29, 0.717) is 5.69 Å². The Kier molecular flexibility index (Phi) is 4.70. The Hall–Kier alpha value is -2.50. The van der Waals surface area contributed by atoms with E-state index >= 15 is 0 Å². The second-order valence-corrected chi connectivity index (χ2v) is 4.71. The van der Waals surface area contributed by atoms with Crippen LogP contribution < -0.4 is 10.6 Å². The van der Waals surface area contributed by atoms with Gasteiger partial charge in [0, 0.05) is 11.4 Å². The van der Waals surface area contributed by atoms with Gasteiger partial charge in [0.1, 0.15) is 0 Å². The minimum absolute atomic E-state index is 0.0810. The lowest BCUT2D eigenvalue weighted by Crippen LogP contribution is -2.19. The molecule has 22 heavy (non-hydrogen) atoms. The van der Waals surface area contributed by atoms with Crippen molar-refractivity contribution in [2.45, 2.75) is 19.5 Å². The van der Waals surface area contributed by atoms with Crippen LogP contribution in [0.15, 0.2) is 48.5 Å². The fourth-order valence-corrected chi connectivity index (χ4v) is 1.89. The molecular weight excluding hydrogens is 293 g/mol. The number of alkyl halides is 3. The maximum atomic E-state index is 12.6. The van der Waals surface area contributed by atoms with Gasteiger partial charge in [-0.3, -0.25) is 0 Å². The van der Waals surface area contributed by atoms with Crippen LogP contribution in [0.1, 0.15) is 18.1 Å². The van der Waals surface area contributed by atoms with E-state index < -0.39 is 17.8 Å². The maximum absolute atomic E-state index is 12.6. The highest BCUT2D eigenvalue weighted by Crippen LogP contribution is 2.30. The number of amides is 2. The molecule has 116 valence electrons. The number of halogens is 3. The zero-order valence-electron chi connectivity index (χ0n) is 11.9. The molecule has 3 nitrogen and oxygen atoms in total. The van der Waals surface area contributed by atoms with E-state index in [9.17, 15) is 18.0 Å². The van der Waals surface area contributed by atoms with Gasteiger partial charge in [-0.15, -0.1) is 0 Å². The number of hydrogen-bond acceptors (Lipinski definition) is 1. The second-order valence-electron chi connectivity index (χ2n) is 4.71. The molecule has 0 heterocycles. The standard InChI is InChI=1S/C16H15F3N2O/c1-2-11-6-8-13(9-7-11)20-15(22)21-14-5-3-4-12(10-14)16(17,18)19/h3-10H,2H2,1H3,(H2,20,21,22). The summed E-state index contributed by atoms with van der Waals surface area (Å²) in [5.74, 6) is 0. The summed E-state index contributed by atoms with van der Waals surface area (Å²) < 4.78 is 37.8. The van der Waals surface area contributed by atoms with Gasteiger partial charge in [0.25, 0.3) is 0 Å².